The molecule has 0 bridgehead atoms. The molecule has 1 heterocycles. The van der Waals surface area contributed by atoms with E-state index in [2.05, 4.69) is 14.7 Å². The number of carbonyl (C=O) groups is 1. The molecule has 0 saturated heterocycles. The molecule has 1 aromatic heterocycles. The summed E-state index contributed by atoms with van der Waals surface area (Å²) in [5.74, 6) is 0.481. The number of nitrogens with zero attached hydrogens (tertiary/aromatic N) is 2. The second-order valence-corrected chi connectivity index (χ2v) is 5.65. The summed E-state index contributed by atoms with van der Waals surface area (Å²) in [6.07, 6.45) is 2.21. The molecular weight excluding hydrogens is 244 g/mol. The lowest BCUT2D eigenvalue weighted by atomic mass is 9.98. The average molecular weight is 260 g/mol. The Morgan fingerprint density at radius 2 is 2.50 bits per heavy atom. The Labute approximate surface area is 103 Å². The number of rotatable bonds is 7. The van der Waals surface area contributed by atoms with Gasteiger partial charge in [0.1, 0.15) is 6.33 Å². The van der Waals surface area contributed by atoms with Crippen molar-refractivity contribution >= 4 is 29.2 Å². The predicted molar refractivity (Wildman–Crippen MR) is 66.5 cm³/mol. The third-order valence-corrected chi connectivity index (χ3v) is 4.08. The molecule has 90 valence electrons. The van der Waals surface area contributed by atoms with E-state index in [0.29, 0.717) is 6.42 Å². The van der Waals surface area contributed by atoms with E-state index >= 15 is 0 Å². The Bertz CT molecular complexity index is 330. The minimum absolute atomic E-state index is 0.313. The summed E-state index contributed by atoms with van der Waals surface area (Å²) in [5, 5.41) is 3.12. The van der Waals surface area contributed by atoms with Crippen LogP contribution in [0.2, 0.25) is 0 Å². The van der Waals surface area contributed by atoms with E-state index < -0.39 is 5.54 Å². The highest BCUT2D eigenvalue weighted by atomic mass is 32.2. The first-order chi connectivity index (χ1) is 7.58. The fraction of sp³-hybridized carbons (Fsp3) is 0.667. The highest BCUT2D eigenvalue weighted by molar-refractivity contribution is 8.00. The quantitative estimate of drug-likeness (QED) is 0.711. The number of aromatic nitrogens is 2. The Kier molecular flexibility index (Phi) is 5.17. The van der Waals surface area contributed by atoms with E-state index in [1.54, 1.807) is 11.8 Å². The molecule has 0 saturated carbocycles. The van der Waals surface area contributed by atoms with Crippen LogP contribution >= 0.6 is 23.3 Å². The highest BCUT2D eigenvalue weighted by Gasteiger charge is 2.29. The second kappa shape index (κ2) is 6.17. The average Bonchev–Trinajstić information content (AvgIpc) is 2.70. The zero-order chi connectivity index (χ0) is 12.0. The van der Waals surface area contributed by atoms with Crippen molar-refractivity contribution in [1.82, 2.24) is 14.7 Å². The molecule has 3 N–H and O–H groups in total. The van der Waals surface area contributed by atoms with Crippen molar-refractivity contribution in [2.45, 2.75) is 30.1 Å². The van der Waals surface area contributed by atoms with Gasteiger partial charge in [-0.1, -0.05) is 18.7 Å². The molecule has 0 spiro atoms. The van der Waals surface area contributed by atoms with Gasteiger partial charge in [0.05, 0.1) is 5.54 Å². The molecule has 1 rings (SSSR count). The number of thioether (sulfide) groups is 1. The van der Waals surface area contributed by atoms with Crippen LogP contribution in [-0.4, -0.2) is 33.1 Å². The standard InChI is InChI=1S/C9H16N4OS2/c1-3-12-9(2,7(10)14)4-5-15-8-11-6-13-16-8/h6,12H,3-5H2,1-2H3,(H2,10,14). The largest absolute Gasteiger partial charge is 0.368 e. The van der Waals surface area contributed by atoms with Crippen molar-refractivity contribution in [3.63, 3.8) is 0 Å². The third-order valence-electron chi connectivity index (χ3n) is 2.28. The van der Waals surface area contributed by atoms with Gasteiger partial charge in [0.25, 0.3) is 0 Å². The summed E-state index contributed by atoms with van der Waals surface area (Å²) in [6, 6.07) is 0. The van der Waals surface area contributed by atoms with Crippen molar-refractivity contribution in [3.8, 4) is 0 Å². The molecular formula is C9H16N4OS2. The van der Waals surface area contributed by atoms with Crippen LogP contribution in [0.25, 0.3) is 0 Å². The fourth-order valence-corrected chi connectivity index (χ4v) is 2.93. The van der Waals surface area contributed by atoms with Crippen molar-refractivity contribution in [2.24, 2.45) is 5.73 Å². The maximum atomic E-state index is 11.3. The molecule has 1 amide bonds. The van der Waals surface area contributed by atoms with Crippen LogP contribution in [0.5, 0.6) is 0 Å². The molecule has 0 fully saturated rings. The molecule has 0 radical (unpaired) electrons. The number of primary amides is 1. The van der Waals surface area contributed by atoms with Gasteiger partial charge in [0.2, 0.25) is 5.91 Å². The van der Waals surface area contributed by atoms with Gasteiger partial charge in [-0.25, -0.2) is 4.98 Å². The Hall–Kier alpha value is -0.660. The van der Waals surface area contributed by atoms with Crippen LogP contribution in [0.3, 0.4) is 0 Å². The SMILES string of the molecule is CCNC(C)(CCSc1ncns1)C(N)=O. The Morgan fingerprint density at radius 1 is 1.75 bits per heavy atom. The molecule has 1 aromatic rings. The molecule has 1 unspecified atom stereocenters. The smallest absolute Gasteiger partial charge is 0.237 e. The summed E-state index contributed by atoms with van der Waals surface area (Å²) in [4.78, 5) is 15.4. The molecule has 0 aliphatic rings. The minimum atomic E-state index is -0.633. The summed E-state index contributed by atoms with van der Waals surface area (Å²) >= 11 is 2.95. The Morgan fingerprint density at radius 3 is 3.00 bits per heavy atom. The topological polar surface area (TPSA) is 80.9 Å². The maximum Gasteiger partial charge on any atom is 0.237 e. The highest BCUT2D eigenvalue weighted by Crippen LogP contribution is 2.22. The minimum Gasteiger partial charge on any atom is -0.368 e. The van der Waals surface area contributed by atoms with Crippen LogP contribution in [-0.2, 0) is 4.79 Å². The first-order valence-corrected chi connectivity index (χ1v) is 6.79. The summed E-state index contributed by atoms with van der Waals surface area (Å²) in [6.45, 7) is 4.52. The second-order valence-electron chi connectivity index (χ2n) is 3.53. The first kappa shape index (κ1) is 13.4. The number of amides is 1. The number of likely N-dealkylation sites (N-methyl/N-ethyl adjacent to an activating group) is 1. The molecule has 0 aliphatic carbocycles. The first-order valence-electron chi connectivity index (χ1n) is 5.03. The third kappa shape index (κ3) is 3.73. The monoisotopic (exact) mass is 260 g/mol. The lowest BCUT2D eigenvalue weighted by Crippen LogP contribution is -2.53. The van der Waals surface area contributed by atoms with Crippen LogP contribution < -0.4 is 11.1 Å². The molecule has 5 nitrogen and oxygen atoms in total. The zero-order valence-corrected chi connectivity index (χ0v) is 11.0. The molecule has 1 atom stereocenters. The van der Waals surface area contributed by atoms with Crippen LogP contribution in [0.4, 0.5) is 0 Å². The van der Waals surface area contributed by atoms with Crippen LogP contribution in [0, 0.1) is 0 Å². The maximum absolute atomic E-state index is 11.3. The van der Waals surface area contributed by atoms with E-state index in [9.17, 15) is 4.79 Å². The predicted octanol–water partition coefficient (Wildman–Crippen LogP) is 0.874. The van der Waals surface area contributed by atoms with Gasteiger partial charge < -0.3 is 11.1 Å². The van der Waals surface area contributed by atoms with E-state index in [-0.39, 0.29) is 5.91 Å². The molecule has 16 heavy (non-hydrogen) atoms. The van der Waals surface area contributed by atoms with E-state index in [1.165, 1.54) is 17.9 Å². The summed E-state index contributed by atoms with van der Waals surface area (Å²) < 4.78 is 4.83. The van der Waals surface area contributed by atoms with Crippen molar-refractivity contribution in [1.29, 1.82) is 0 Å². The van der Waals surface area contributed by atoms with Gasteiger partial charge in [-0.15, -0.1) is 0 Å². The number of nitrogens with one attached hydrogen (secondary N) is 1. The Balaban J connectivity index is 2.41. The summed E-state index contributed by atoms with van der Waals surface area (Å²) in [5.41, 5.74) is 4.75. The van der Waals surface area contributed by atoms with E-state index in [4.69, 9.17) is 5.73 Å². The molecule has 7 heteroatoms. The van der Waals surface area contributed by atoms with Crippen molar-refractivity contribution in [3.05, 3.63) is 6.33 Å². The lowest BCUT2D eigenvalue weighted by Gasteiger charge is -2.26. The lowest BCUT2D eigenvalue weighted by molar-refractivity contribution is -0.123. The van der Waals surface area contributed by atoms with Gasteiger partial charge >= 0.3 is 0 Å². The number of hydrogen-bond donors (Lipinski definition) is 2. The molecule has 0 aromatic carbocycles. The zero-order valence-electron chi connectivity index (χ0n) is 9.40. The van der Waals surface area contributed by atoms with Crippen LogP contribution in [0.1, 0.15) is 20.3 Å². The van der Waals surface area contributed by atoms with Gasteiger partial charge in [0.15, 0.2) is 4.34 Å². The van der Waals surface area contributed by atoms with Gasteiger partial charge in [0, 0.05) is 5.75 Å². The van der Waals surface area contributed by atoms with Gasteiger partial charge in [-0.3, -0.25) is 4.79 Å². The van der Waals surface area contributed by atoms with E-state index in [0.717, 1.165) is 16.6 Å². The van der Waals surface area contributed by atoms with Crippen molar-refractivity contribution < 1.29 is 4.79 Å². The number of hydrogen-bond acceptors (Lipinski definition) is 6. The fourth-order valence-electron chi connectivity index (χ4n) is 1.26. The van der Waals surface area contributed by atoms with Gasteiger partial charge in [-0.05, 0) is 31.4 Å². The number of carbonyl (C=O) groups excluding carboxylic acids is 1. The van der Waals surface area contributed by atoms with Crippen molar-refractivity contribution in [2.75, 3.05) is 12.3 Å². The van der Waals surface area contributed by atoms with Crippen LogP contribution in [0.15, 0.2) is 10.7 Å². The van der Waals surface area contributed by atoms with Gasteiger partial charge in [-0.2, -0.15) is 4.37 Å². The van der Waals surface area contributed by atoms with E-state index in [1.807, 2.05) is 13.8 Å². The summed E-state index contributed by atoms with van der Waals surface area (Å²) in [7, 11) is 0. The molecule has 0 aliphatic heterocycles. The number of nitrogens with two attached hydrogens (primary N) is 1. The normalized spacial score (nSPS) is 14.6.